The molecule has 2 heterocycles. The van der Waals surface area contributed by atoms with E-state index in [1.54, 1.807) is 17.8 Å². The van der Waals surface area contributed by atoms with Crippen molar-refractivity contribution in [3.8, 4) is 5.69 Å². The highest BCUT2D eigenvalue weighted by Crippen LogP contribution is 2.34. The molecule has 27 heavy (non-hydrogen) atoms. The molecule has 4 rings (SSSR count). The molecule has 0 aliphatic rings. The largest absolute Gasteiger partial charge is 0.416 e. The summed E-state index contributed by atoms with van der Waals surface area (Å²) in [7, 11) is -2.29. The second-order valence-corrected chi connectivity index (χ2v) is 7.62. The third kappa shape index (κ3) is 2.86. The van der Waals surface area contributed by atoms with Crippen molar-refractivity contribution in [2.45, 2.75) is 11.1 Å². The lowest BCUT2D eigenvalue weighted by Crippen LogP contribution is -2.11. The Kier molecular flexibility index (Phi) is 3.37. The summed E-state index contributed by atoms with van der Waals surface area (Å²) >= 11 is 0. The van der Waals surface area contributed by atoms with Gasteiger partial charge >= 0.3 is 6.18 Å². The second kappa shape index (κ2) is 5.57. The first-order valence-electron chi connectivity index (χ1n) is 8.15. The third-order valence-corrected chi connectivity index (χ3v) is 5.12. The van der Waals surface area contributed by atoms with Gasteiger partial charge < -0.3 is 4.57 Å². The van der Waals surface area contributed by atoms with Crippen LogP contribution in [-0.2, 0) is 23.2 Å². The van der Waals surface area contributed by atoms with Gasteiger partial charge in [-0.2, -0.15) is 18.3 Å². The highest BCUT2D eigenvalue weighted by atomic mass is 32.2. The van der Waals surface area contributed by atoms with Gasteiger partial charge in [0.2, 0.25) is 10.0 Å². The van der Waals surface area contributed by atoms with Crippen LogP contribution in [0.1, 0.15) is 6.93 Å². The zero-order valence-corrected chi connectivity index (χ0v) is 14.6. The molecular formula is C17H13F3N4O2S. The van der Waals surface area contributed by atoms with Gasteiger partial charge in [-0.15, -0.1) is 0 Å². The van der Waals surface area contributed by atoms with Crippen molar-refractivity contribution in [1.82, 2.24) is 14.3 Å². The molecular weight excluding hydrogens is 381 g/mol. The van der Waals surface area contributed by atoms with Crippen LogP contribution < -0.4 is 5.14 Å². The van der Waals surface area contributed by atoms with E-state index in [2.05, 4.69) is 5.10 Å². The molecule has 10 heteroatoms. The maximum atomic E-state index is 12.9. The van der Waals surface area contributed by atoms with Gasteiger partial charge in [-0.25, -0.2) is 13.6 Å². The third-order valence-electron chi connectivity index (χ3n) is 4.21. The molecule has 0 spiro atoms. The monoisotopic (exact) mass is 395 g/mol. The van der Waals surface area contributed by atoms with Crippen molar-refractivity contribution in [1.29, 1.82) is 0 Å². The second-order valence-electron chi connectivity index (χ2n) is 6.06. The van der Waals surface area contributed by atoms with Crippen LogP contribution in [0.5, 0.6) is 0 Å². The molecule has 2 aromatic heterocycles. The number of alkyl halides is 3. The topological polar surface area (TPSA) is 82.9 Å². The highest BCUT2D eigenvalue weighted by molar-refractivity contribution is 7.89. The lowest BCUT2D eigenvalue weighted by atomic mass is 10.2. The Morgan fingerprint density at radius 1 is 1.15 bits per heavy atom. The van der Waals surface area contributed by atoms with Gasteiger partial charge in [0.1, 0.15) is 5.52 Å². The number of rotatable bonds is 2. The minimum absolute atomic E-state index is 0.108. The molecule has 0 aliphatic carbocycles. The van der Waals surface area contributed by atoms with E-state index in [1.165, 1.54) is 28.9 Å². The van der Waals surface area contributed by atoms with Gasteiger partial charge in [-0.05, 0) is 42.4 Å². The number of sulfonamides is 1. The molecule has 0 fully saturated rings. The van der Waals surface area contributed by atoms with Crippen LogP contribution in [0.25, 0.3) is 27.6 Å². The quantitative estimate of drug-likeness (QED) is 0.566. The SMILES string of the molecule is [2H]c1cc(C(F)(F)F)ccc1-n1c2ccc(S(N)(=O)=O)cc2c2nn(C)cc21. The standard InChI is InChI=1S/C17H13F3N4O2S/c1-23-9-15-16(22-23)13-8-12(27(21,25)26)6-7-14(13)24(15)11-4-2-10(3-5-11)17(18,19)20/h2-9H,1H3,(H2,21,25,26)/i4D. The maximum Gasteiger partial charge on any atom is 0.416 e. The van der Waals surface area contributed by atoms with Crippen LogP contribution in [0.3, 0.4) is 0 Å². The van der Waals surface area contributed by atoms with E-state index in [9.17, 15) is 21.6 Å². The number of hydrogen-bond acceptors (Lipinski definition) is 3. The van der Waals surface area contributed by atoms with Crippen molar-refractivity contribution >= 4 is 32.0 Å². The number of nitrogens with two attached hydrogens (primary N) is 1. The summed E-state index contributed by atoms with van der Waals surface area (Å²) in [4.78, 5) is -0.108. The van der Waals surface area contributed by atoms with E-state index < -0.39 is 21.8 Å². The molecule has 0 unspecified atom stereocenters. The molecule has 0 radical (unpaired) electrons. The van der Waals surface area contributed by atoms with E-state index >= 15 is 0 Å². The van der Waals surface area contributed by atoms with Gasteiger partial charge in [-0.1, -0.05) is 0 Å². The van der Waals surface area contributed by atoms with Crippen LogP contribution in [-0.4, -0.2) is 22.8 Å². The van der Waals surface area contributed by atoms with Crippen molar-refractivity contribution in [3.05, 3.63) is 54.2 Å². The highest BCUT2D eigenvalue weighted by Gasteiger charge is 2.30. The lowest BCUT2D eigenvalue weighted by molar-refractivity contribution is -0.137. The zero-order chi connectivity index (χ0) is 20.4. The average molecular weight is 395 g/mol. The number of aryl methyl sites for hydroxylation is 1. The number of fused-ring (bicyclic) bond motifs is 3. The first kappa shape index (κ1) is 16.3. The number of halogens is 3. The summed E-state index contributed by atoms with van der Waals surface area (Å²) in [6.45, 7) is 0. The Morgan fingerprint density at radius 3 is 2.52 bits per heavy atom. The molecule has 2 aromatic carbocycles. The maximum absolute atomic E-state index is 12.9. The minimum atomic E-state index is -4.55. The molecule has 0 saturated carbocycles. The van der Waals surface area contributed by atoms with E-state index in [0.29, 0.717) is 21.9 Å². The minimum Gasteiger partial charge on any atom is -0.306 e. The molecule has 4 aromatic rings. The number of hydrogen-bond donors (Lipinski definition) is 1. The molecule has 0 aliphatic heterocycles. The van der Waals surface area contributed by atoms with Crippen LogP contribution in [0.2, 0.25) is 0 Å². The van der Waals surface area contributed by atoms with E-state index in [1.807, 2.05) is 0 Å². The van der Waals surface area contributed by atoms with Gasteiger partial charge in [0.25, 0.3) is 0 Å². The fourth-order valence-electron chi connectivity index (χ4n) is 3.03. The van der Waals surface area contributed by atoms with Crippen molar-refractivity contribution < 1.29 is 23.0 Å². The predicted molar refractivity (Wildman–Crippen MR) is 93.9 cm³/mol. The Balaban J connectivity index is 2.06. The van der Waals surface area contributed by atoms with E-state index in [4.69, 9.17) is 6.51 Å². The summed E-state index contributed by atoms with van der Waals surface area (Å²) < 4.78 is 73.4. The van der Waals surface area contributed by atoms with Gasteiger partial charge in [0.05, 0.1) is 22.9 Å². The average Bonchev–Trinajstić information content (AvgIpc) is 3.08. The number of aromatic nitrogens is 3. The molecule has 0 atom stereocenters. The molecule has 0 saturated heterocycles. The number of benzene rings is 2. The predicted octanol–water partition coefficient (Wildman–Crippen LogP) is 3.18. The summed E-state index contributed by atoms with van der Waals surface area (Å²) in [5, 5.41) is 9.98. The van der Waals surface area contributed by atoms with Crippen molar-refractivity contribution in [2.24, 2.45) is 12.2 Å². The Morgan fingerprint density at radius 2 is 1.89 bits per heavy atom. The molecule has 2 N–H and O–H groups in total. The summed E-state index contributed by atoms with van der Waals surface area (Å²) in [5.74, 6) is 0. The van der Waals surface area contributed by atoms with E-state index in [-0.39, 0.29) is 16.6 Å². The molecule has 6 nitrogen and oxygen atoms in total. The summed E-state index contributed by atoms with van der Waals surface area (Å²) in [6.07, 6.45) is -2.91. The van der Waals surface area contributed by atoms with Gasteiger partial charge in [-0.3, -0.25) is 4.68 Å². The van der Waals surface area contributed by atoms with Gasteiger partial charge in [0, 0.05) is 24.3 Å². The molecule has 0 bridgehead atoms. The van der Waals surface area contributed by atoms with E-state index in [0.717, 1.165) is 12.1 Å². The number of primary sulfonamides is 1. The fourth-order valence-corrected chi connectivity index (χ4v) is 3.57. The first-order chi connectivity index (χ1) is 13.0. The summed E-state index contributed by atoms with van der Waals surface area (Å²) in [6, 6.07) is 6.71. The number of nitrogens with zero attached hydrogens (tertiary/aromatic N) is 3. The Hall–Kier alpha value is -2.85. The van der Waals surface area contributed by atoms with Crippen LogP contribution >= 0.6 is 0 Å². The Bertz CT molecular complexity index is 1360. The van der Waals surface area contributed by atoms with Crippen molar-refractivity contribution in [2.75, 3.05) is 0 Å². The van der Waals surface area contributed by atoms with Crippen molar-refractivity contribution in [3.63, 3.8) is 0 Å². The first-order valence-corrected chi connectivity index (χ1v) is 9.20. The molecule has 0 amide bonds. The zero-order valence-electron chi connectivity index (χ0n) is 14.8. The fraction of sp³-hybridized carbons (Fsp3) is 0.118. The van der Waals surface area contributed by atoms with Crippen LogP contribution in [0.4, 0.5) is 13.2 Å². The normalized spacial score (nSPS) is 13.4. The lowest BCUT2D eigenvalue weighted by Gasteiger charge is -2.10. The van der Waals surface area contributed by atoms with Gasteiger partial charge in [0.15, 0.2) is 0 Å². The molecule has 140 valence electrons. The van der Waals surface area contributed by atoms with Crippen LogP contribution in [0.15, 0.2) is 53.5 Å². The smallest absolute Gasteiger partial charge is 0.306 e. The summed E-state index contributed by atoms with van der Waals surface area (Å²) in [5.41, 5.74) is 0.763. The Labute approximate surface area is 153 Å². The van der Waals surface area contributed by atoms with Crippen LogP contribution in [0, 0.1) is 0 Å².